The summed E-state index contributed by atoms with van der Waals surface area (Å²) in [7, 11) is 5.82. The second kappa shape index (κ2) is 6.49. The molecule has 1 aliphatic carbocycles. The van der Waals surface area contributed by atoms with Crippen molar-refractivity contribution in [1.29, 1.82) is 0 Å². The van der Waals surface area contributed by atoms with Crippen molar-refractivity contribution in [3.63, 3.8) is 0 Å². The molecule has 0 bridgehead atoms. The minimum Gasteiger partial charge on any atom is -0.378 e. The Labute approximate surface area is 126 Å². The van der Waals surface area contributed by atoms with Crippen LogP contribution in [0.5, 0.6) is 0 Å². The molecular weight excluding hydrogens is 272 g/mol. The lowest BCUT2D eigenvalue weighted by atomic mass is 9.93. The van der Waals surface area contributed by atoms with E-state index in [1.165, 1.54) is 6.42 Å². The zero-order chi connectivity index (χ0) is 14.7. The van der Waals surface area contributed by atoms with Crippen molar-refractivity contribution in [3.05, 3.63) is 29.8 Å². The molecule has 4 heteroatoms. The smallest absolute Gasteiger partial charge is 0.253 e. The second-order valence-corrected chi connectivity index (χ2v) is 6.29. The molecule has 2 atom stereocenters. The van der Waals surface area contributed by atoms with Crippen LogP contribution in [-0.4, -0.2) is 43.4 Å². The van der Waals surface area contributed by atoms with E-state index in [1.807, 2.05) is 55.2 Å². The molecule has 1 amide bonds. The van der Waals surface area contributed by atoms with Gasteiger partial charge in [0, 0.05) is 38.4 Å². The summed E-state index contributed by atoms with van der Waals surface area (Å²) < 4.78 is 0. The van der Waals surface area contributed by atoms with Crippen LogP contribution in [0, 0.1) is 0 Å². The minimum absolute atomic E-state index is 0.0613. The first-order valence-corrected chi connectivity index (χ1v) is 7.63. The molecule has 1 aromatic rings. The van der Waals surface area contributed by atoms with Gasteiger partial charge >= 0.3 is 0 Å². The number of hydrogen-bond acceptors (Lipinski definition) is 2. The van der Waals surface area contributed by atoms with Gasteiger partial charge in [0.2, 0.25) is 0 Å². The van der Waals surface area contributed by atoms with E-state index in [4.69, 9.17) is 11.6 Å². The highest BCUT2D eigenvalue weighted by Crippen LogP contribution is 2.27. The van der Waals surface area contributed by atoms with Gasteiger partial charge in [0.25, 0.3) is 5.91 Å². The maximum Gasteiger partial charge on any atom is 0.253 e. The summed E-state index contributed by atoms with van der Waals surface area (Å²) in [5.41, 5.74) is 1.77. The lowest BCUT2D eigenvalue weighted by molar-refractivity contribution is 0.0700. The molecule has 0 heterocycles. The molecule has 1 saturated carbocycles. The van der Waals surface area contributed by atoms with Crippen LogP contribution >= 0.6 is 11.6 Å². The summed E-state index contributed by atoms with van der Waals surface area (Å²) in [5, 5.41) is 0.0785. The van der Waals surface area contributed by atoms with Crippen molar-refractivity contribution < 1.29 is 4.79 Å². The van der Waals surface area contributed by atoms with Crippen molar-refractivity contribution in [3.8, 4) is 0 Å². The van der Waals surface area contributed by atoms with Crippen LogP contribution in [-0.2, 0) is 0 Å². The lowest BCUT2D eigenvalue weighted by Gasteiger charge is -2.35. The number of carbonyl (C=O) groups is 1. The Balaban J connectivity index is 2.15. The molecule has 0 aromatic heterocycles. The number of carbonyl (C=O) groups excluding carboxylic acids is 1. The summed E-state index contributed by atoms with van der Waals surface area (Å²) >= 11 is 6.39. The largest absolute Gasteiger partial charge is 0.378 e. The van der Waals surface area contributed by atoms with Gasteiger partial charge in [0.05, 0.1) is 5.38 Å². The molecule has 0 saturated heterocycles. The van der Waals surface area contributed by atoms with Crippen LogP contribution in [0.1, 0.15) is 36.0 Å². The Kier molecular flexibility index (Phi) is 4.92. The van der Waals surface area contributed by atoms with Crippen LogP contribution in [0.2, 0.25) is 0 Å². The van der Waals surface area contributed by atoms with Crippen LogP contribution in [0.3, 0.4) is 0 Å². The SMILES string of the molecule is CN(C)c1cccc(C(=O)N(C)C2CCCCC2Cl)c1. The maximum atomic E-state index is 12.6. The topological polar surface area (TPSA) is 23.6 Å². The van der Waals surface area contributed by atoms with Gasteiger partial charge in [-0.15, -0.1) is 11.6 Å². The van der Waals surface area contributed by atoms with E-state index in [2.05, 4.69) is 0 Å². The van der Waals surface area contributed by atoms with Gasteiger partial charge in [0.15, 0.2) is 0 Å². The van der Waals surface area contributed by atoms with Gasteiger partial charge in [-0.1, -0.05) is 18.9 Å². The summed E-state index contributed by atoms with van der Waals surface area (Å²) in [6.07, 6.45) is 4.33. The highest BCUT2D eigenvalue weighted by atomic mass is 35.5. The van der Waals surface area contributed by atoms with Crippen molar-refractivity contribution in [2.24, 2.45) is 0 Å². The monoisotopic (exact) mass is 294 g/mol. The molecule has 2 rings (SSSR count). The summed E-state index contributed by atoms with van der Waals surface area (Å²) in [5.74, 6) is 0.0613. The number of alkyl halides is 1. The Morgan fingerprint density at radius 3 is 2.55 bits per heavy atom. The van der Waals surface area contributed by atoms with E-state index in [1.54, 1.807) is 0 Å². The van der Waals surface area contributed by atoms with Gasteiger partial charge in [-0.2, -0.15) is 0 Å². The maximum absolute atomic E-state index is 12.6. The first-order chi connectivity index (χ1) is 9.50. The molecule has 0 spiro atoms. The number of halogens is 1. The van der Waals surface area contributed by atoms with E-state index < -0.39 is 0 Å². The van der Waals surface area contributed by atoms with Gasteiger partial charge in [0.1, 0.15) is 0 Å². The molecule has 1 fully saturated rings. The van der Waals surface area contributed by atoms with Crippen molar-refractivity contribution >= 4 is 23.2 Å². The number of nitrogens with zero attached hydrogens (tertiary/aromatic N) is 2. The zero-order valence-corrected chi connectivity index (χ0v) is 13.2. The normalized spacial score (nSPS) is 22.4. The average molecular weight is 295 g/mol. The van der Waals surface area contributed by atoms with Crippen LogP contribution in [0.15, 0.2) is 24.3 Å². The Morgan fingerprint density at radius 2 is 1.90 bits per heavy atom. The van der Waals surface area contributed by atoms with E-state index in [-0.39, 0.29) is 17.3 Å². The fraction of sp³-hybridized carbons (Fsp3) is 0.562. The minimum atomic E-state index is 0.0613. The van der Waals surface area contributed by atoms with Gasteiger partial charge < -0.3 is 9.80 Å². The third kappa shape index (κ3) is 3.26. The number of benzene rings is 1. The highest BCUT2D eigenvalue weighted by molar-refractivity contribution is 6.21. The first-order valence-electron chi connectivity index (χ1n) is 7.19. The second-order valence-electron chi connectivity index (χ2n) is 5.73. The van der Waals surface area contributed by atoms with Crippen LogP contribution in [0.4, 0.5) is 5.69 Å². The third-order valence-electron chi connectivity index (χ3n) is 4.07. The van der Waals surface area contributed by atoms with Crippen molar-refractivity contribution in [2.75, 3.05) is 26.0 Å². The molecule has 0 N–H and O–H groups in total. The predicted molar refractivity (Wildman–Crippen MR) is 84.8 cm³/mol. The molecule has 3 nitrogen and oxygen atoms in total. The number of rotatable bonds is 3. The van der Waals surface area contributed by atoms with E-state index in [0.717, 1.165) is 30.5 Å². The van der Waals surface area contributed by atoms with Gasteiger partial charge in [-0.05, 0) is 31.0 Å². The van der Waals surface area contributed by atoms with Gasteiger partial charge in [-0.25, -0.2) is 0 Å². The summed E-state index contributed by atoms with van der Waals surface area (Å²) in [6.45, 7) is 0. The highest BCUT2D eigenvalue weighted by Gasteiger charge is 2.29. The van der Waals surface area contributed by atoms with Crippen molar-refractivity contribution in [1.82, 2.24) is 4.90 Å². The molecule has 2 unspecified atom stereocenters. The van der Waals surface area contributed by atoms with Crippen LogP contribution < -0.4 is 4.90 Å². The Hall–Kier alpha value is -1.22. The Bertz CT molecular complexity index is 475. The summed E-state index contributed by atoms with van der Waals surface area (Å²) in [4.78, 5) is 16.4. The fourth-order valence-corrected chi connectivity index (χ4v) is 3.22. The molecule has 110 valence electrons. The summed E-state index contributed by atoms with van der Waals surface area (Å²) in [6, 6.07) is 7.89. The zero-order valence-electron chi connectivity index (χ0n) is 12.5. The van der Waals surface area contributed by atoms with Crippen molar-refractivity contribution in [2.45, 2.75) is 37.1 Å². The fourth-order valence-electron chi connectivity index (χ4n) is 2.77. The molecule has 0 aliphatic heterocycles. The Morgan fingerprint density at radius 1 is 1.20 bits per heavy atom. The quantitative estimate of drug-likeness (QED) is 0.798. The van der Waals surface area contributed by atoms with E-state index in [9.17, 15) is 4.79 Å². The number of amides is 1. The predicted octanol–water partition coefficient (Wildman–Crippen LogP) is 3.37. The standard InChI is InChI=1S/C16H23ClN2O/c1-18(2)13-8-6-7-12(11-13)16(20)19(3)15-10-5-4-9-14(15)17/h6-8,11,14-15H,4-5,9-10H2,1-3H3. The van der Waals surface area contributed by atoms with Crippen LogP contribution in [0.25, 0.3) is 0 Å². The van der Waals surface area contributed by atoms with E-state index >= 15 is 0 Å². The molecular formula is C16H23ClN2O. The van der Waals surface area contributed by atoms with Gasteiger partial charge in [-0.3, -0.25) is 4.79 Å². The molecule has 20 heavy (non-hydrogen) atoms. The molecule has 1 aliphatic rings. The molecule has 0 radical (unpaired) electrons. The average Bonchev–Trinajstić information content (AvgIpc) is 2.46. The third-order valence-corrected chi connectivity index (χ3v) is 4.58. The molecule has 1 aromatic carbocycles. The lowest BCUT2D eigenvalue weighted by Crippen LogP contribution is -2.44. The van der Waals surface area contributed by atoms with E-state index in [0.29, 0.717) is 0 Å². The number of hydrogen-bond donors (Lipinski definition) is 0. The first kappa shape index (κ1) is 15.2. The number of anilines is 1.